The highest BCUT2D eigenvalue weighted by Crippen LogP contribution is 2.27. The van der Waals surface area contributed by atoms with Crippen LogP contribution in [0.5, 0.6) is 5.75 Å². The maximum atomic E-state index is 10.9. The first kappa shape index (κ1) is 8.81. The fourth-order valence-electron chi connectivity index (χ4n) is 1.60. The molecule has 0 spiro atoms. The van der Waals surface area contributed by atoms with E-state index < -0.39 is 0 Å². The van der Waals surface area contributed by atoms with Gasteiger partial charge in [-0.05, 0) is 29.3 Å². The number of primary amides is 1. The van der Waals surface area contributed by atoms with Crippen molar-refractivity contribution in [1.82, 2.24) is 0 Å². The molecule has 1 amide bonds. The number of carbonyl (C=O) groups excluding carboxylic acids is 1. The van der Waals surface area contributed by atoms with Crippen LogP contribution in [0.1, 0.15) is 11.1 Å². The molecule has 1 aliphatic carbocycles. The Kier molecular flexibility index (Phi) is 2.00. The molecule has 0 heterocycles. The number of hydrogen-bond acceptors (Lipinski definition) is 2. The molecule has 0 fully saturated rings. The molecule has 0 unspecified atom stereocenters. The van der Waals surface area contributed by atoms with E-state index in [0.29, 0.717) is 12.0 Å². The third-order valence-corrected chi connectivity index (χ3v) is 2.38. The third kappa shape index (κ3) is 1.37. The second-order valence-corrected chi connectivity index (χ2v) is 3.28. The van der Waals surface area contributed by atoms with Crippen molar-refractivity contribution < 1.29 is 9.53 Å². The van der Waals surface area contributed by atoms with E-state index in [1.54, 1.807) is 7.11 Å². The number of amides is 1. The van der Waals surface area contributed by atoms with Crippen LogP contribution in [0.2, 0.25) is 0 Å². The topological polar surface area (TPSA) is 52.3 Å². The van der Waals surface area contributed by atoms with Crippen molar-refractivity contribution in [3.05, 3.63) is 34.9 Å². The van der Waals surface area contributed by atoms with Crippen molar-refractivity contribution in [3.8, 4) is 5.75 Å². The Morgan fingerprint density at radius 1 is 1.50 bits per heavy atom. The lowest BCUT2D eigenvalue weighted by atomic mass is 10.1. The van der Waals surface area contributed by atoms with Crippen LogP contribution in [0.4, 0.5) is 0 Å². The minimum absolute atomic E-state index is 0.347. The summed E-state index contributed by atoms with van der Waals surface area (Å²) in [4.78, 5) is 10.9. The van der Waals surface area contributed by atoms with Crippen LogP contribution in [0, 0.1) is 0 Å². The van der Waals surface area contributed by atoms with Gasteiger partial charge in [0.2, 0.25) is 5.91 Å². The Labute approximate surface area is 82.2 Å². The van der Waals surface area contributed by atoms with Crippen LogP contribution in [0.3, 0.4) is 0 Å². The van der Waals surface area contributed by atoms with Gasteiger partial charge in [-0.1, -0.05) is 6.07 Å². The smallest absolute Gasteiger partial charge is 0.244 e. The molecule has 0 atom stereocenters. The molecular weight excluding hydrogens is 178 g/mol. The highest BCUT2D eigenvalue weighted by atomic mass is 16.5. The number of nitrogens with two attached hydrogens (primary N) is 1. The fourth-order valence-corrected chi connectivity index (χ4v) is 1.60. The molecule has 1 aromatic rings. The fraction of sp³-hybridized carbons (Fsp3) is 0.182. The van der Waals surface area contributed by atoms with Gasteiger partial charge in [-0.2, -0.15) is 0 Å². The van der Waals surface area contributed by atoms with Crippen molar-refractivity contribution in [2.24, 2.45) is 5.73 Å². The largest absolute Gasteiger partial charge is 0.497 e. The monoisotopic (exact) mass is 189 g/mol. The predicted molar refractivity (Wildman–Crippen MR) is 53.9 cm³/mol. The minimum atomic E-state index is -0.347. The average molecular weight is 189 g/mol. The molecule has 0 radical (unpaired) electrons. The molecule has 2 rings (SSSR count). The summed E-state index contributed by atoms with van der Waals surface area (Å²) < 4.78 is 5.09. The van der Waals surface area contributed by atoms with E-state index in [1.807, 2.05) is 24.3 Å². The molecule has 1 aromatic carbocycles. The predicted octanol–water partition coefficient (Wildman–Crippen LogP) is 1.12. The SMILES string of the molecule is COc1ccc2c(c1)C=C(C(N)=O)C2. The second-order valence-electron chi connectivity index (χ2n) is 3.28. The molecule has 0 aliphatic heterocycles. The molecule has 72 valence electrons. The van der Waals surface area contributed by atoms with Crippen molar-refractivity contribution in [2.45, 2.75) is 6.42 Å². The summed E-state index contributed by atoms with van der Waals surface area (Å²) in [6.07, 6.45) is 2.45. The number of carbonyl (C=O) groups is 1. The molecule has 0 saturated heterocycles. The molecule has 0 aromatic heterocycles. The standard InChI is InChI=1S/C11H11NO2/c1-14-10-3-2-7-4-9(11(12)13)5-8(7)6-10/h2-3,5-6H,4H2,1H3,(H2,12,13). The molecule has 0 bridgehead atoms. The Morgan fingerprint density at radius 3 is 2.93 bits per heavy atom. The van der Waals surface area contributed by atoms with Crippen molar-refractivity contribution >= 4 is 12.0 Å². The molecular formula is C11H11NO2. The van der Waals surface area contributed by atoms with Crippen molar-refractivity contribution in [1.29, 1.82) is 0 Å². The Morgan fingerprint density at radius 2 is 2.29 bits per heavy atom. The lowest BCUT2D eigenvalue weighted by molar-refractivity contribution is -0.114. The molecule has 3 nitrogen and oxygen atoms in total. The van der Waals surface area contributed by atoms with Crippen LogP contribution in [-0.4, -0.2) is 13.0 Å². The van der Waals surface area contributed by atoms with Gasteiger partial charge in [0.25, 0.3) is 0 Å². The lowest BCUT2D eigenvalue weighted by Gasteiger charge is -2.02. The maximum absolute atomic E-state index is 10.9. The van der Waals surface area contributed by atoms with Crippen LogP contribution in [0.25, 0.3) is 6.08 Å². The first-order chi connectivity index (χ1) is 6.70. The number of hydrogen-bond donors (Lipinski definition) is 1. The number of benzene rings is 1. The van der Waals surface area contributed by atoms with Gasteiger partial charge >= 0.3 is 0 Å². The molecule has 3 heteroatoms. The Balaban J connectivity index is 2.39. The van der Waals surface area contributed by atoms with Gasteiger partial charge in [0.15, 0.2) is 0 Å². The summed E-state index contributed by atoms with van der Waals surface area (Å²) >= 11 is 0. The minimum Gasteiger partial charge on any atom is -0.497 e. The van der Waals surface area contributed by atoms with E-state index in [1.165, 1.54) is 0 Å². The zero-order valence-electron chi connectivity index (χ0n) is 7.91. The summed E-state index contributed by atoms with van der Waals surface area (Å²) in [6, 6.07) is 5.75. The summed E-state index contributed by atoms with van der Waals surface area (Å²) in [6.45, 7) is 0. The highest BCUT2D eigenvalue weighted by Gasteiger charge is 2.16. The van der Waals surface area contributed by atoms with E-state index in [4.69, 9.17) is 10.5 Å². The van der Waals surface area contributed by atoms with Gasteiger partial charge in [0.1, 0.15) is 5.75 Å². The molecule has 0 saturated carbocycles. The summed E-state index contributed by atoms with van der Waals surface area (Å²) in [5.74, 6) is 0.450. The number of rotatable bonds is 2. The van der Waals surface area contributed by atoms with Crippen LogP contribution in [0.15, 0.2) is 23.8 Å². The van der Waals surface area contributed by atoms with Gasteiger partial charge in [0.05, 0.1) is 7.11 Å². The number of fused-ring (bicyclic) bond motifs is 1. The summed E-state index contributed by atoms with van der Waals surface area (Å²) in [5, 5.41) is 0. The molecule has 1 aliphatic rings. The first-order valence-electron chi connectivity index (χ1n) is 4.38. The van der Waals surface area contributed by atoms with Gasteiger partial charge in [-0.15, -0.1) is 0 Å². The van der Waals surface area contributed by atoms with Crippen molar-refractivity contribution in [2.75, 3.05) is 7.11 Å². The van der Waals surface area contributed by atoms with Gasteiger partial charge in [-0.3, -0.25) is 4.79 Å². The molecule has 14 heavy (non-hydrogen) atoms. The lowest BCUT2D eigenvalue weighted by Crippen LogP contribution is -2.13. The van der Waals surface area contributed by atoms with E-state index in [-0.39, 0.29) is 5.91 Å². The van der Waals surface area contributed by atoms with Gasteiger partial charge in [0, 0.05) is 12.0 Å². The van der Waals surface area contributed by atoms with Crippen molar-refractivity contribution in [3.63, 3.8) is 0 Å². The van der Waals surface area contributed by atoms with Crippen LogP contribution in [-0.2, 0) is 11.2 Å². The van der Waals surface area contributed by atoms with E-state index in [9.17, 15) is 4.79 Å². The zero-order chi connectivity index (χ0) is 10.1. The first-order valence-corrected chi connectivity index (χ1v) is 4.38. The highest BCUT2D eigenvalue weighted by molar-refractivity contribution is 5.99. The summed E-state index contributed by atoms with van der Waals surface area (Å²) in [5.41, 5.74) is 8.02. The van der Waals surface area contributed by atoms with E-state index in [2.05, 4.69) is 0 Å². The van der Waals surface area contributed by atoms with Gasteiger partial charge < -0.3 is 10.5 Å². The summed E-state index contributed by atoms with van der Waals surface area (Å²) in [7, 11) is 1.62. The Bertz CT molecular complexity index is 421. The second kappa shape index (κ2) is 3.18. The Hall–Kier alpha value is -1.77. The van der Waals surface area contributed by atoms with Crippen LogP contribution < -0.4 is 10.5 Å². The zero-order valence-corrected chi connectivity index (χ0v) is 7.91. The molecule has 2 N–H and O–H groups in total. The number of ether oxygens (including phenoxy) is 1. The van der Waals surface area contributed by atoms with E-state index >= 15 is 0 Å². The average Bonchev–Trinajstić information content (AvgIpc) is 2.59. The normalized spacial score (nSPS) is 13.4. The maximum Gasteiger partial charge on any atom is 0.244 e. The van der Waals surface area contributed by atoms with E-state index in [0.717, 1.165) is 16.9 Å². The quantitative estimate of drug-likeness (QED) is 0.757. The van der Waals surface area contributed by atoms with Crippen LogP contribution >= 0.6 is 0 Å². The number of methoxy groups -OCH3 is 1. The third-order valence-electron chi connectivity index (χ3n) is 2.38. The van der Waals surface area contributed by atoms with Gasteiger partial charge in [-0.25, -0.2) is 0 Å².